The van der Waals surface area contributed by atoms with Crippen molar-refractivity contribution in [3.05, 3.63) is 35.5 Å². The normalized spacial score (nSPS) is 24.9. The molecule has 2 N–H and O–H groups in total. The van der Waals surface area contributed by atoms with Crippen LogP contribution in [0, 0.1) is 5.92 Å². The lowest BCUT2D eigenvalue weighted by atomic mass is 10.0. The maximum atomic E-state index is 6.14. The van der Waals surface area contributed by atoms with Gasteiger partial charge in [0, 0.05) is 6.54 Å². The van der Waals surface area contributed by atoms with E-state index in [-0.39, 0.29) is 0 Å². The molecule has 1 aliphatic heterocycles. The quantitative estimate of drug-likeness (QED) is 0.870. The highest BCUT2D eigenvalue weighted by molar-refractivity contribution is 5.57. The van der Waals surface area contributed by atoms with Crippen molar-refractivity contribution >= 4 is 6.08 Å². The van der Waals surface area contributed by atoms with E-state index in [2.05, 4.69) is 34.9 Å². The van der Waals surface area contributed by atoms with E-state index >= 15 is 0 Å². The van der Waals surface area contributed by atoms with E-state index in [1.807, 2.05) is 13.2 Å². The fraction of sp³-hybridized carbons (Fsp3) is 0.500. The molecule has 102 valence electrons. The van der Waals surface area contributed by atoms with E-state index in [9.17, 15) is 0 Å². The van der Waals surface area contributed by atoms with E-state index in [0.717, 1.165) is 24.8 Å². The van der Waals surface area contributed by atoms with Crippen LogP contribution in [0.1, 0.15) is 30.4 Å². The van der Waals surface area contributed by atoms with Crippen LogP contribution < -0.4 is 15.4 Å². The summed E-state index contributed by atoms with van der Waals surface area (Å²) in [5, 5.41) is 6.49. The maximum Gasteiger partial charge on any atom is 0.120 e. The molecular weight excluding hydrogens is 236 g/mol. The largest absolute Gasteiger partial charge is 0.490 e. The number of hydrogen-bond donors (Lipinski definition) is 2. The van der Waals surface area contributed by atoms with Gasteiger partial charge in [0.2, 0.25) is 0 Å². The van der Waals surface area contributed by atoms with Crippen molar-refractivity contribution < 1.29 is 4.74 Å². The second-order valence-corrected chi connectivity index (χ2v) is 5.55. The third-order valence-electron chi connectivity index (χ3n) is 4.08. The molecule has 0 unspecified atom stereocenters. The average molecular weight is 258 g/mol. The summed E-state index contributed by atoms with van der Waals surface area (Å²) in [5.41, 5.74) is 2.62. The van der Waals surface area contributed by atoms with Gasteiger partial charge in [-0.2, -0.15) is 0 Å². The van der Waals surface area contributed by atoms with Crippen LogP contribution in [0.2, 0.25) is 0 Å². The smallest absolute Gasteiger partial charge is 0.120 e. The van der Waals surface area contributed by atoms with Crippen LogP contribution in [0.4, 0.5) is 0 Å². The molecule has 1 aliphatic carbocycles. The molecule has 1 aromatic rings. The first kappa shape index (κ1) is 12.5. The predicted molar refractivity (Wildman–Crippen MR) is 78.0 cm³/mol. The molecule has 1 fully saturated rings. The molecule has 3 heteroatoms. The van der Waals surface area contributed by atoms with Gasteiger partial charge < -0.3 is 15.4 Å². The van der Waals surface area contributed by atoms with Crippen LogP contribution in [0.25, 0.3) is 6.08 Å². The predicted octanol–water partition coefficient (Wildman–Crippen LogP) is 2.53. The minimum atomic E-state index is 0.391. The zero-order chi connectivity index (χ0) is 13.1. The highest BCUT2D eigenvalue weighted by Crippen LogP contribution is 2.30. The molecule has 1 saturated carbocycles. The molecule has 0 radical (unpaired) electrons. The van der Waals surface area contributed by atoms with Crippen molar-refractivity contribution in [3.63, 3.8) is 0 Å². The number of benzene rings is 1. The SMILES string of the molecule is CNC[C@H]1CC[C@H](Oc2ccc3c(c2)C=CNC3)C1. The van der Waals surface area contributed by atoms with Crippen LogP contribution in [-0.4, -0.2) is 19.7 Å². The molecule has 3 nitrogen and oxygen atoms in total. The van der Waals surface area contributed by atoms with E-state index in [1.54, 1.807) is 0 Å². The molecule has 2 atom stereocenters. The van der Waals surface area contributed by atoms with Crippen molar-refractivity contribution in [3.8, 4) is 5.75 Å². The third-order valence-corrected chi connectivity index (χ3v) is 4.08. The fourth-order valence-electron chi connectivity index (χ4n) is 3.08. The van der Waals surface area contributed by atoms with Crippen LogP contribution in [0.5, 0.6) is 5.75 Å². The maximum absolute atomic E-state index is 6.14. The highest BCUT2D eigenvalue weighted by Gasteiger charge is 2.25. The third kappa shape index (κ3) is 2.92. The Hall–Kier alpha value is -1.48. The van der Waals surface area contributed by atoms with Crippen molar-refractivity contribution in [1.82, 2.24) is 10.6 Å². The molecule has 0 spiro atoms. The monoisotopic (exact) mass is 258 g/mol. The van der Waals surface area contributed by atoms with E-state index < -0.39 is 0 Å². The highest BCUT2D eigenvalue weighted by atomic mass is 16.5. The lowest BCUT2D eigenvalue weighted by Crippen LogP contribution is -2.19. The standard InChI is InChI=1S/C16H22N2O/c1-17-10-12-2-4-15(8-12)19-16-5-3-14-11-18-7-6-13(14)9-16/h3,5-7,9,12,15,17-18H,2,4,8,10-11H2,1H3/t12-,15-/m0/s1. The molecule has 1 aromatic carbocycles. The van der Waals surface area contributed by atoms with Crippen LogP contribution in [-0.2, 0) is 6.54 Å². The molecule has 19 heavy (non-hydrogen) atoms. The van der Waals surface area contributed by atoms with Crippen LogP contribution >= 0.6 is 0 Å². The summed E-state index contributed by atoms with van der Waals surface area (Å²) in [6, 6.07) is 6.43. The number of ether oxygens (including phenoxy) is 1. The Balaban J connectivity index is 1.63. The summed E-state index contributed by atoms with van der Waals surface area (Å²) in [7, 11) is 2.03. The first-order chi connectivity index (χ1) is 9.35. The number of nitrogens with one attached hydrogen (secondary N) is 2. The van der Waals surface area contributed by atoms with Crippen molar-refractivity contribution in [2.24, 2.45) is 5.92 Å². The molecule has 0 saturated heterocycles. The fourth-order valence-corrected chi connectivity index (χ4v) is 3.08. The molecule has 0 bridgehead atoms. The van der Waals surface area contributed by atoms with Gasteiger partial charge in [-0.15, -0.1) is 0 Å². The van der Waals surface area contributed by atoms with E-state index in [4.69, 9.17) is 4.74 Å². The lowest BCUT2D eigenvalue weighted by Gasteiger charge is -2.17. The number of fused-ring (bicyclic) bond motifs is 1. The molecule has 0 aromatic heterocycles. The Kier molecular flexibility index (Phi) is 3.74. The Morgan fingerprint density at radius 2 is 2.32 bits per heavy atom. The zero-order valence-electron chi connectivity index (χ0n) is 11.5. The van der Waals surface area contributed by atoms with E-state index in [0.29, 0.717) is 6.10 Å². The summed E-state index contributed by atoms with van der Waals surface area (Å²) >= 11 is 0. The summed E-state index contributed by atoms with van der Waals surface area (Å²) < 4.78 is 6.14. The Morgan fingerprint density at radius 3 is 3.21 bits per heavy atom. The minimum absolute atomic E-state index is 0.391. The zero-order valence-corrected chi connectivity index (χ0v) is 11.5. The summed E-state index contributed by atoms with van der Waals surface area (Å²) in [6.45, 7) is 2.03. The van der Waals surface area contributed by atoms with Gasteiger partial charge in [-0.1, -0.05) is 6.07 Å². The first-order valence-electron chi connectivity index (χ1n) is 7.19. The van der Waals surface area contributed by atoms with Gasteiger partial charge in [-0.3, -0.25) is 0 Å². The van der Waals surface area contributed by atoms with Crippen molar-refractivity contribution in [1.29, 1.82) is 0 Å². The van der Waals surface area contributed by atoms with E-state index in [1.165, 1.54) is 30.4 Å². The Labute approximate surface area is 115 Å². The number of hydrogen-bond acceptors (Lipinski definition) is 3. The van der Waals surface area contributed by atoms with Gasteiger partial charge in [0.05, 0.1) is 6.10 Å². The molecular formula is C16H22N2O. The average Bonchev–Trinajstić information content (AvgIpc) is 2.86. The van der Waals surface area contributed by atoms with Crippen LogP contribution in [0.3, 0.4) is 0 Å². The topological polar surface area (TPSA) is 33.3 Å². The summed E-state index contributed by atoms with van der Waals surface area (Å²) in [4.78, 5) is 0. The summed E-state index contributed by atoms with van der Waals surface area (Å²) in [6.07, 6.45) is 8.15. The lowest BCUT2D eigenvalue weighted by molar-refractivity contribution is 0.204. The van der Waals surface area contributed by atoms with Gasteiger partial charge >= 0.3 is 0 Å². The molecule has 1 heterocycles. The molecule has 2 aliphatic rings. The second-order valence-electron chi connectivity index (χ2n) is 5.55. The Morgan fingerprint density at radius 1 is 1.37 bits per heavy atom. The molecule has 3 rings (SSSR count). The van der Waals surface area contributed by atoms with Gasteiger partial charge in [0.15, 0.2) is 0 Å². The van der Waals surface area contributed by atoms with Crippen molar-refractivity contribution in [2.45, 2.75) is 31.9 Å². The molecule has 0 amide bonds. The van der Waals surface area contributed by atoms with Crippen molar-refractivity contribution in [2.75, 3.05) is 13.6 Å². The van der Waals surface area contributed by atoms with Gasteiger partial charge in [-0.05, 0) is 74.3 Å². The second kappa shape index (κ2) is 5.66. The first-order valence-corrected chi connectivity index (χ1v) is 7.19. The number of rotatable bonds is 4. The Bertz CT molecular complexity index is 470. The minimum Gasteiger partial charge on any atom is -0.490 e. The van der Waals surface area contributed by atoms with Gasteiger partial charge in [0.25, 0.3) is 0 Å². The van der Waals surface area contributed by atoms with Crippen LogP contribution in [0.15, 0.2) is 24.4 Å². The van der Waals surface area contributed by atoms with Gasteiger partial charge in [0.1, 0.15) is 5.75 Å². The summed E-state index contributed by atoms with van der Waals surface area (Å²) in [5.74, 6) is 1.79. The van der Waals surface area contributed by atoms with Gasteiger partial charge in [-0.25, -0.2) is 0 Å².